The Morgan fingerprint density at radius 3 is 2.38 bits per heavy atom. The summed E-state index contributed by atoms with van der Waals surface area (Å²) >= 11 is 0. The molecule has 0 bridgehead atoms. The van der Waals surface area contributed by atoms with Crippen LogP contribution in [0.15, 0.2) is 12.1 Å². The van der Waals surface area contributed by atoms with Crippen LogP contribution in [0.2, 0.25) is 0 Å². The van der Waals surface area contributed by atoms with E-state index in [2.05, 4.69) is 0 Å². The predicted molar refractivity (Wildman–Crippen MR) is 73.9 cm³/mol. The number of methoxy groups -OCH3 is 2. The van der Waals surface area contributed by atoms with Crippen molar-refractivity contribution in [3.8, 4) is 0 Å². The van der Waals surface area contributed by atoms with Crippen LogP contribution in [0.4, 0.5) is 14.5 Å². The monoisotopic (exact) mass is 303 g/mol. The molecule has 1 aromatic carbocycles. The molecule has 1 rings (SSSR count). The number of hydrogen-bond donors (Lipinski definition) is 1. The van der Waals surface area contributed by atoms with Gasteiger partial charge in [-0.1, -0.05) is 0 Å². The number of rotatable bonds is 9. The number of ether oxygens (including phenoxy) is 2. The fourth-order valence-corrected chi connectivity index (χ4v) is 1.90. The fraction of sp³-hybridized carbons (Fsp3) is 0.500. The molecule has 0 aliphatic heterocycles. The molecule has 0 fully saturated rings. The quantitative estimate of drug-likeness (QED) is 0.708. The Balaban J connectivity index is 3.00. The van der Waals surface area contributed by atoms with Crippen LogP contribution in [0.5, 0.6) is 0 Å². The third kappa shape index (κ3) is 4.64. The summed E-state index contributed by atoms with van der Waals surface area (Å²) in [7, 11) is 3.07. The first kappa shape index (κ1) is 17.3. The van der Waals surface area contributed by atoms with Crippen molar-refractivity contribution >= 4 is 11.7 Å². The molecule has 0 heterocycles. The SMILES string of the molecule is COCCCN(CCOC)c1ccc(C(=O)O)c(F)c1F. The number of carboxylic acids is 1. The minimum absolute atomic E-state index is 0.0191. The Hall–Kier alpha value is -1.73. The molecule has 0 radical (unpaired) electrons. The summed E-state index contributed by atoms with van der Waals surface area (Å²) in [5.74, 6) is -4.02. The molecule has 0 saturated heterocycles. The molecule has 0 spiro atoms. The highest BCUT2D eigenvalue weighted by atomic mass is 19.2. The molecule has 1 aromatic rings. The van der Waals surface area contributed by atoms with Crippen LogP contribution >= 0.6 is 0 Å². The van der Waals surface area contributed by atoms with Gasteiger partial charge in [-0.3, -0.25) is 0 Å². The molecule has 0 aliphatic rings. The van der Waals surface area contributed by atoms with Gasteiger partial charge < -0.3 is 19.5 Å². The lowest BCUT2D eigenvalue weighted by molar-refractivity contribution is 0.0690. The van der Waals surface area contributed by atoms with Gasteiger partial charge in [0, 0.05) is 33.9 Å². The molecule has 7 heteroatoms. The number of carbonyl (C=O) groups is 1. The van der Waals surface area contributed by atoms with Gasteiger partial charge in [-0.25, -0.2) is 13.6 Å². The Morgan fingerprint density at radius 2 is 1.81 bits per heavy atom. The van der Waals surface area contributed by atoms with E-state index in [1.54, 1.807) is 12.0 Å². The van der Waals surface area contributed by atoms with Gasteiger partial charge in [-0.15, -0.1) is 0 Å². The average Bonchev–Trinajstić information content (AvgIpc) is 2.45. The molecule has 0 amide bonds. The Labute approximate surface area is 122 Å². The predicted octanol–water partition coefficient (Wildman–Crippen LogP) is 2.15. The van der Waals surface area contributed by atoms with Crippen LogP contribution < -0.4 is 4.90 Å². The van der Waals surface area contributed by atoms with Crippen molar-refractivity contribution in [1.82, 2.24) is 0 Å². The number of benzene rings is 1. The van der Waals surface area contributed by atoms with Gasteiger partial charge in [0.25, 0.3) is 0 Å². The maximum atomic E-state index is 14.1. The van der Waals surface area contributed by atoms with Gasteiger partial charge in [0.15, 0.2) is 11.6 Å². The molecular formula is C14H19F2NO4. The van der Waals surface area contributed by atoms with Crippen LogP contribution in [-0.2, 0) is 9.47 Å². The first-order valence-electron chi connectivity index (χ1n) is 6.47. The molecule has 0 aromatic heterocycles. The van der Waals surface area contributed by atoms with E-state index in [0.29, 0.717) is 32.7 Å². The van der Waals surface area contributed by atoms with Gasteiger partial charge in [0.1, 0.15) is 0 Å². The number of anilines is 1. The smallest absolute Gasteiger partial charge is 0.338 e. The Morgan fingerprint density at radius 1 is 1.14 bits per heavy atom. The number of carboxylic acid groups (broad SMARTS) is 1. The minimum Gasteiger partial charge on any atom is -0.478 e. The second-order valence-corrected chi connectivity index (χ2v) is 4.39. The lowest BCUT2D eigenvalue weighted by atomic mass is 10.1. The Kier molecular flexibility index (Phi) is 7.04. The van der Waals surface area contributed by atoms with E-state index in [4.69, 9.17) is 14.6 Å². The van der Waals surface area contributed by atoms with E-state index in [0.717, 1.165) is 6.07 Å². The minimum atomic E-state index is -1.50. The third-order valence-electron chi connectivity index (χ3n) is 2.97. The maximum Gasteiger partial charge on any atom is 0.338 e. The van der Waals surface area contributed by atoms with E-state index >= 15 is 0 Å². The standard InChI is InChI=1S/C14H19F2NO4/c1-20-8-3-6-17(7-9-21-2)11-5-4-10(14(18)19)12(15)13(11)16/h4-5H,3,6-9H2,1-2H3,(H,18,19). The van der Waals surface area contributed by atoms with E-state index in [9.17, 15) is 13.6 Å². The average molecular weight is 303 g/mol. The Bertz CT molecular complexity index is 482. The lowest BCUT2D eigenvalue weighted by Gasteiger charge is -2.25. The van der Waals surface area contributed by atoms with Gasteiger partial charge >= 0.3 is 5.97 Å². The van der Waals surface area contributed by atoms with Crippen molar-refractivity contribution in [2.45, 2.75) is 6.42 Å². The third-order valence-corrected chi connectivity index (χ3v) is 2.97. The first-order valence-corrected chi connectivity index (χ1v) is 6.47. The molecule has 21 heavy (non-hydrogen) atoms. The zero-order chi connectivity index (χ0) is 15.8. The molecule has 0 saturated carbocycles. The van der Waals surface area contributed by atoms with E-state index < -0.39 is 23.2 Å². The van der Waals surface area contributed by atoms with Crippen LogP contribution in [-0.4, -0.2) is 51.6 Å². The first-order chi connectivity index (χ1) is 10.0. The van der Waals surface area contributed by atoms with Gasteiger partial charge in [0.05, 0.1) is 17.9 Å². The zero-order valence-electron chi connectivity index (χ0n) is 12.1. The molecule has 0 unspecified atom stereocenters. The second kappa shape index (κ2) is 8.53. The molecule has 0 aliphatic carbocycles. The van der Waals surface area contributed by atoms with E-state index in [1.807, 2.05) is 0 Å². The van der Waals surface area contributed by atoms with Crippen molar-refractivity contribution in [3.05, 3.63) is 29.3 Å². The molecule has 1 N–H and O–H groups in total. The normalized spacial score (nSPS) is 10.7. The molecule has 5 nitrogen and oxygen atoms in total. The molecule has 118 valence electrons. The highest BCUT2D eigenvalue weighted by molar-refractivity contribution is 5.88. The zero-order valence-corrected chi connectivity index (χ0v) is 12.1. The van der Waals surface area contributed by atoms with Crippen LogP contribution in [0.3, 0.4) is 0 Å². The van der Waals surface area contributed by atoms with Crippen molar-refractivity contribution in [2.24, 2.45) is 0 Å². The summed E-state index contributed by atoms with van der Waals surface area (Å²) < 4.78 is 37.7. The van der Waals surface area contributed by atoms with Crippen molar-refractivity contribution in [1.29, 1.82) is 0 Å². The molecule has 0 atom stereocenters. The lowest BCUT2D eigenvalue weighted by Crippen LogP contribution is -2.30. The van der Waals surface area contributed by atoms with Gasteiger partial charge in [-0.2, -0.15) is 0 Å². The van der Waals surface area contributed by atoms with Crippen LogP contribution in [0.25, 0.3) is 0 Å². The second-order valence-electron chi connectivity index (χ2n) is 4.39. The van der Waals surface area contributed by atoms with E-state index in [-0.39, 0.29) is 5.69 Å². The van der Waals surface area contributed by atoms with Crippen molar-refractivity contribution < 1.29 is 28.2 Å². The van der Waals surface area contributed by atoms with Crippen molar-refractivity contribution in [3.63, 3.8) is 0 Å². The molecular weight excluding hydrogens is 284 g/mol. The van der Waals surface area contributed by atoms with Crippen LogP contribution in [0, 0.1) is 11.6 Å². The summed E-state index contributed by atoms with van der Waals surface area (Å²) in [6.45, 7) is 1.64. The number of nitrogens with zero attached hydrogens (tertiary/aromatic N) is 1. The van der Waals surface area contributed by atoms with Crippen LogP contribution in [0.1, 0.15) is 16.8 Å². The number of halogens is 2. The number of hydrogen-bond acceptors (Lipinski definition) is 4. The highest BCUT2D eigenvalue weighted by Crippen LogP contribution is 2.24. The summed E-state index contributed by atoms with van der Waals surface area (Å²) in [6, 6.07) is 2.33. The fourth-order valence-electron chi connectivity index (χ4n) is 1.90. The number of aromatic carboxylic acids is 1. The largest absolute Gasteiger partial charge is 0.478 e. The van der Waals surface area contributed by atoms with E-state index in [1.165, 1.54) is 13.2 Å². The van der Waals surface area contributed by atoms with Crippen molar-refractivity contribution in [2.75, 3.05) is 45.4 Å². The summed E-state index contributed by atoms with van der Waals surface area (Å²) in [6.07, 6.45) is 0.627. The summed E-state index contributed by atoms with van der Waals surface area (Å²) in [5, 5.41) is 8.78. The van der Waals surface area contributed by atoms with Gasteiger partial charge in [-0.05, 0) is 18.6 Å². The highest BCUT2D eigenvalue weighted by Gasteiger charge is 2.21. The summed E-state index contributed by atoms with van der Waals surface area (Å²) in [5.41, 5.74) is -0.662. The topological polar surface area (TPSA) is 59.0 Å². The van der Waals surface area contributed by atoms with Gasteiger partial charge in [0.2, 0.25) is 0 Å². The summed E-state index contributed by atoms with van der Waals surface area (Å²) in [4.78, 5) is 12.4. The maximum absolute atomic E-state index is 14.1.